The van der Waals surface area contributed by atoms with Crippen LogP contribution in [0.15, 0.2) is 24.5 Å². The van der Waals surface area contributed by atoms with Crippen LogP contribution in [0.4, 0.5) is 18.9 Å². The van der Waals surface area contributed by atoms with Gasteiger partial charge in [0.2, 0.25) is 5.91 Å². The number of nitrogens with zero attached hydrogens (tertiary/aromatic N) is 3. The Balaban J connectivity index is 1.71. The monoisotopic (exact) mass is 369 g/mol. The highest BCUT2D eigenvalue weighted by atomic mass is 19.4. The van der Waals surface area contributed by atoms with Gasteiger partial charge >= 0.3 is 12.1 Å². The van der Waals surface area contributed by atoms with Crippen molar-refractivity contribution in [1.29, 1.82) is 0 Å². The Labute approximate surface area is 150 Å². The van der Waals surface area contributed by atoms with Crippen LogP contribution >= 0.6 is 0 Å². The second-order valence-electron chi connectivity index (χ2n) is 7.07. The van der Waals surface area contributed by atoms with Crippen molar-refractivity contribution in [3.8, 4) is 0 Å². The molecule has 142 valence electrons. The molecule has 1 aromatic heterocycles. The molecule has 0 aromatic carbocycles. The molecule has 0 radical (unpaired) electrons. The fourth-order valence-corrected chi connectivity index (χ4v) is 3.56. The number of amides is 2. The van der Waals surface area contributed by atoms with E-state index in [4.69, 9.17) is 0 Å². The summed E-state index contributed by atoms with van der Waals surface area (Å²) in [5, 5.41) is 0. The highest BCUT2D eigenvalue weighted by Crippen LogP contribution is 2.38. The highest BCUT2D eigenvalue weighted by Gasteiger charge is 2.46. The first-order valence-corrected chi connectivity index (χ1v) is 8.88. The zero-order valence-corrected chi connectivity index (χ0v) is 14.6. The second kappa shape index (κ2) is 7.25. The Hall–Kier alpha value is -2.12. The Morgan fingerprint density at radius 1 is 1.23 bits per heavy atom. The van der Waals surface area contributed by atoms with Crippen LogP contribution in [0.3, 0.4) is 0 Å². The molecule has 1 aromatic rings. The van der Waals surface area contributed by atoms with Crippen LogP contribution in [-0.2, 0) is 9.59 Å². The summed E-state index contributed by atoms with van der Waals surface area (Å²) >= 11 is 0. The number of pyridine rings is 1. The average molecular weight is 369 g/mol. The number of hydrogen-bond donors (Lipinski definition) is 0. The molecule has 1 unspecified atom stereocenters. The van der Waals surface area contributed by atoms with Crippen molar-refractivity contribution in [2.75, 3.05) is 18.0 Å². The van der Waals surface area contributed by atoms with Crippen LogP contribution in [-0.4, -0.2) is 47.0 Å². The lowest BCUT2D eigenvalue weighted by Crippen LogP contribution is -2.53. The lowest BCUT2D eigenvalue weighted by atomic mass is 9.98. The first kappa shape index (κ1) is 18.7. The van der Waals surface area contributed by atoms with Gasteiger partial charge in [-0.1, -0.05) is 6.92 Å². The van der Waals surface area contributed by atoms with E-state index in [1.165, 1.54) is 24.5 Å². The van der Waals surface area contributed by atoms with Gasteiger partial charge in [0, 0.05) is 31.2 Å². The predicted octanol–water partition coefficient (Wildman–Crippen LogP) is 3.01. The zero-order chi connectivity index (χ0) is 18.9. The fourth-order valence-electron chi connectivity index (χ4n) is 3.56. The molecule has 1 saturated carbocycles. The predicted molar refractivity (Wildman–Crippen MR) is 89.3 cm³/mol. The molecule has 3 rings (SSSR count). The molecule has 2 aliphatic rings. The van der Waals surface area contributed by atoms with Crippen molar-refractivity contribution in [1.82, 2.24) is 9.88 Å². The number of likely N-dealkylation sites (tertiary alicyclic amines) is 1. The Kier molecular flexibility index (Phi) is 5.20. The van der Waals surface area contributed by atoms with E-state index in [-0.39, 0.29) is 17.5 Å². The maximum absolute atomic E-state index is 13.1. The molecule has 2 heterocycles. The number of aromatic nitrogens is 1. The summed E-state index contributed by atoms with van der Waals surface area (Å²) in [6, 6.07) is 2.35. The molecule has 0 spiro atoms. The number of halogens is 3. The Bertz CT molecular complexity index is 653. The third kappa shape index (κ3) is 3.99. The van der Waals surface area contributed by atoms with Gasteiger partial charge in [-0.25, -0.2) is 0 Å². The first-order valence-electron chi connectivity index (χ1n) is 8.88. The molecule has 2 fully saturated rings. The van der Waals surface area contributed by atoms with Gasteiger partial charge in [-0.15, -0.1) is 0 Å². The minimum atomic E-state index is -4.96. The van der Waals surface area contributed by atoms with Gasteiger partial charge in [0.1, 0.15) is 0 Å². The third-order valence-electron chi connectivity index (χ3n) is 5.25. The number of rotatable bonds is 4. The summed E-state index contributed by atoms with van der Waals surface area (Å²) in [4.78, 5) is 30.8. The molecule has 5 nitrogen and oxygen atoms in total. The van der Waals surface area contributed by atoms with E-state index in [1.54, 1.807) is 4.90 Å². The summed E-state index contributed by atoms with van der Waals surface area (Å²) in [7, 11) is 0. The van der Waals surface area contributed by atoms with E-state index >= 15 is 0 Å². The SMILES string of the molecule is CC(C(=O)N1CCC(N(C(=O)C(F)(F)F)c2cccnc2)CC1)C1CC1. The number of piperidine rings is 1. The smallest absolute Gasteiger partial charge is 0.342 e. The van der Waals surface area contributed by atoms with Crippen LogP contribution in [0.5, 0.6) is 0 Å². The summed E-state index contributed by atoms with van der Waals surface area (Å²) in [5.74, 6) is -1.40. The van der Waals surface area contributed by atoms with Crippen molar-refractivity contribution in [2.24, 2.45) is 11.8 Å². The molecule has 26 heavy (non-hydrogen) atoms. The summed E-state index contributed by atoms with van der Waals surface area (Å²) in [6.45, 7) is 2.64. The molecule has 1 atom stereocenters. The van der Waals surface area contributed by atoms with Gasteiger partial charge in [-0.2, -0.15) is 13.2 Å². The van der Waals surface area contributed by atoms with Gasteiger partial charge in [0.05, 0.1) is 11.9 Å². The quantitative estimate of drug-likeness (QED) is 0.820. The molecule has 0 bridgehead atoms. The van der Waals surface area contributed by atoms with Gasteiger partial charge < -0.3 is 4.90 Å². The average Bonchev–Trinajstić information content (AvgIpc) is 3.46. The summed E-state index contributed by atoms with van der Waals surface area (Å²) in [5.41, 5.74) is 0.131. The number of carbonyl (C=O) groups is 2. The van der Waals surface area contributed by atoms with Gasteiger partial charge in [-0.05, 0) is 43.7 Å². The number of carbonyl (C=O) groups excluding carboxylic acids is 2. The first-order chi connectivity index (χ1) is 12.3. The number of hydrogen-bond acceptors (Lipinski definition) is 3. The molecule has 2 amide bonds. The fraction of sp³-hybridized carbons (Fsp3) is 0.611. The van der Waals surface area contributed by atoms with Crippen LogP contribution in [0.25, 0.3) is 0 Å². The van der Waals surface area contributed by atoms with Crippen LogP contribution in [0.2, 0.25) is 0 Å². The lowest BCUT2D eigenvalue weighted by molar-refractivity contribution is -0.171. The zero-order valence-electron chi connectivity index (χ0n) is 14.6. The Morgan fingerprint density at radius 2 is 1.88 bits per heavy atom. The minimum absolute atomic E-state index is 0.0298. The normalized spacial score (nSPS) is 19.9. The lowest BCUT2D eigenvalue weighted by Gasteiger charge is -2.39. The van der Waals surface area contributed by atoms with Crippen molar-refractivity contribution in [3.63, 3.8) is 0 Å². The molecular formula is C18H22F3N3O2. The molecule has 1 aliphatic carbocycles. The number of anilines is 1. The van der Waals surface area contributed by atoms with Gasteiger partial charge in [0.15, 0.2) is 0 Å². The maximum Gasteiger partial charge on any atom is 0.471 e. The largest absolute Gasteiger partial charge is 0.471 e. The minimum Gasteiger partial charge on any atom is -0.342 e. The van der Waals surface area contributed by atoms with Crippen molar-refractivity contribution in [2.45, 2.75) is 44.8 Å². The van der Waals surface area contributed by atoms with Crippen LogP contribution in [0.1, 0.15) is 32.6 Å². The number of alkyl halides is 3. The van der Waals surface area contributed by atoms with Gasteiger partial charge in [0.25, 0.3) is 0 Å². The van der Waals surface area contributed by atoms with E-state index in [2.05, 4.69) is 4.98 Å². The summed E-state index contributed by atoms with van der Waals surface area (Å²) in [6.07, 6.45) is 0.524. The topological polar surface area (TPSA) is 53.5 Å². The van der Waals surface area contributed by atoms with Crippen LogP contribution < -0.4 is 4.90 Å². The van der Waals surface area contributed by atoms with Crippen LogP contribution in [0, 0.1) is 11.8 Å². The van der Waals surface area contributed by atoms with Gasteiger partial charge in [-0.3, -0.25) is 19.5 Å². The molecule has 1 saturated heterocycles. The van der Waals surface area contributed by atoms with Crippen molar-refractivity contribution >= 4 is 17.5 Å². The maximum atomic E-state index is 13.1. The van der Waals surface area contributed by atoms with E-state index < -0.39 is 18.1 Å². The van der Waals surface area contributed by atoms with E-state index in [0.29, 0.717) is 31.8 Å². The Morgan fingerprint density at radius 3 is 2.38 bits per heavy atom. The van der Waals surface area contributed by atoms with E-state index in [0.717, 1.165) is 17.7 Å². The molecular weight excluding hydrogens is 347 g/mol. The second-order valence-corrected chi connectivity index (χ2v) is 7.07. The third-order valence-corrected chi connectivity index (χ3v) is 5.25. The van der Waals surface area contributed by atoms with E-state index in [9.17, 15) is 22.8 Å². The van der Waals surface area contributed by atoms with Crippen molar-refractivity contribution in [3.05, 3.63) is 24.5 Å². The molecule has 8 heteroatoms. The molecule has 1 aliphatic heterocycles. The van der Waals surface area contributed by atoms with Crippen molar-refractivity contribution < 1.29 is 22.8 Å². The summed E-state index contributed by atoms with van der Waals surface area (Å²) < 4.78 is 39.2. The highest BCUT2D eigenvalue weighted by molar-refractivity contribution is 5.97. The van der Waals surface area contributed by atoms with E-state index in [1.807, 2.05) is 6.92 Å². The molecule has 0 N–H and O–H groups in total. The standard InChI is InChI=1S/C18H22F3N3O2/c1-12(13-4-5-13)16(25)23-9-6-14(7-10-23)24(17(26)18(19,20)21)15-3-2-8-22-11-15/h2-3,8,11-14H,4-7,9-10H2,1H3.